The molecule has 0 aliphatic heterocycles. The van der Waals surface area contributed by atoms with Gasteiger partial charge in [-0.15, -0.1) is 0 Å². The molecule has 0 spiro atoms. The van der Waals surface area contributed by atoms with Crippen molar-refractivity contribution in [1.82, 2.24) is 19.9 Å². The van der Waals surface area contributed by atoms with E-state index >= 15 is 0 Å². The summed E-state index contributed by atoms with van der Waals surface area (Å²) in [5.41, 5.74) is 6.07. The first-order valence-corrected chi connectivity index (χ1v) is 6.01. The van der Waals surface area contributed by atoms with Crippen LogP contribution in [0.2, 0.25) is 0 Å². The second-order valence-corrected chi connectivity index (χ2v) is 4.32. The van der Waals surface area contributed by atoms with Crippen molar-refractivity contribution in [3.8, 4) is 0 Å². The SMILES string of the molecule is CCC(O)(CC)CNc1nc(N)nc2nc[nH]c12. The van der Waals surface area contributed by atoms with Gasteiger partial charge in [-0.1, -0.05) is 13.8 Å². The number of hydrogen-bond acceptors (Lipinski definition) is 6. The number of aromatic nitrogens is 4. The minimum Gasteiger partial charge on any atom is -0.388 e. The Hall–Kier alpha value is -1.89. The van der Waals surface area contributed by atoms with E-state index in [1.54, 1.807) is 0 Å². The van der Waals surface area contributed by atoms with Gasteiger partial charge in [-0.05, 0) is 12.8 Å². The molecule has 7 heteroatoms. The van der Waals surface area contributed by atoms with E-state index < -0.39 is 5.60 Å². The molecule has 0 fully saturated rings. The lowest BCUT2D eigenvalue weighted by Gasteiger charge is -2.25. The van der Waals surface area contributed by atoms with Gasteiger partial charge in [0, 0.05) is 6.54 Å². The van der Waals surface area contributed by atoms with Gasteiger partial charge < -0.3 is 21.1 Å². The summed E-state index contributed by atoms with van der Waals surface area (Å²) in [5, 5.41) is 13.3. The Bertz CT molecular complexity index is 533. The molecule has 18 heavy (non-hydrogen) atoms. The van der Waals surface area contributed by atoms with Crippen molar-refractivity contribution in [2.75, 3.05) is 17.6 Å². The average Bonchev–Trinajstić information content (AvgIpc) is 2.83. The van der Waals surface area contributed by atoms with Crippen LogP contribution in [0, 0.1) is 0 Å². The number of anilines is 2. The van der Waals surface area contributed by atoms with Gasteiger partial charge in [0.15, 0.2) is 11.5 Å². The number of aliphatic hydroxyl groups is 1. The first-order valence-electron chi connectivity index (χ1n) is 6.01. The number of hydrogen-bond donors (Lipinski definition) is 4. The standard InChI is InChI=1S/C11H18N6O/c1-3-11(18,4-2)5-13-8-7-9(15-6-14-7)17-10(12)16-8/h6,18H,3-5H2,1-2H3,(H4,12,13,14,15,16,17). The fraction of sp³-hybridized carbons (Fsp3) is 0.545. The lowest BCUT2D eigenvalue weighted by atomic mass is 9.98. The predicted molar refractivity (Wildman–Crippen MR) is 70.1 cm³/mol. The Labute approximate surface area is 105 Å². The van der Waals surface area contributed by atoms with Crippen LogP contribution in [-0.2, 0) is 0 Å². The number of H-pyrrole nitrogens is 1. The van der Waals surface area contributed by atoms with Gasteiger partial charge in [-0.2, -0.15) is 9.97 Å². The van der Waals surface area contributed by atoms with E-state index in [0.29, 0.717) is 36.4 Å². The molecule has 2 aromatic heterocycles. The maximum atomic E-state index is 10.2. The number of nitrogens with two attached hydrogens (primary N) is 1. The molecule has 0 saturated carbocycles. The Morgan fingerprint density at radius 1 is 1.39 bits per heavy atom. The van der Waals surface area contributed by atoms with E-state index in [1.807, 2.05) is 13.8 Å². The summed E-state index contributed by atoms with van der Waals surface area (Å²) in [7, 11) is 0. The molecule has 0 aliphatic carbocycles. The summed E-state index contributed by atoms with van der Waals surface area (Å²) in [5.74, 6) is 0.726. The molecule has 0 amide bonds. The van der Waals surface area contributed by atoms with E-state index in [4.69, 9.17) is 5.73 Å². The molecule has 5 N–H and O–H groups in total. The van der Waals surface area contributed by atoms with Crippen LogP contribution in [0.5, 0.6) is 0 Å². The Morgan fingerprint density at radius 2 is 2.11 bits per heavy atom. The van der Waals surface area contributed by atoms with Crippen LogP contribution >= 0.6 is 0 Å². The van der Waals surface area contributed by atoms with Gasteiger partial charge in [0.1, 0.15) is 5.52 Å². The molecule has 0 aromatic carbocycles. The zero-order chi connectivity index (χ0) is 13.2. The zero-order valence-corrected chi connectivity index (χ0v) is 10.6. The lowest BCUT2D eigenvalue weighted by molar-refractivity contribution is 0.0456. The van der Waals surface area contributed by atoms with Gasteiger partial charge in [0.2, 0.25) is 5.95 Å². The molecule has 2 rings (SSSR count). The van der Waals surface area contributed by atoms with Crippen molar-refractivity contribution in [3.05, 3.63) is 6.33 Å². The highest BCUT2D eigenvalue weighted by molar-refractivity contribution is 5.83. The topological polar surface area (TPSA) is 113 Å². The average molecular weight is 250 g/mol. The summed E-state index contributed by atoms with van der Waals surface area (Å²) < 4.78 is 0. The number of nitrogens with zero attached hydrogens (tertiary/aromatic N) is 3. The molecule has 0 atom stereocenters. The maximum Gasteiger partial charge on any atom is 0.224 e. The van der Waals surface area contributed by atoms with Crippen molar-refractivity contribution in [2.45, 2.75) is 32.3 Å². The number of nitrogen functional groups attached to an aromatic ring is 1. The van der Waals surface area contributed by atoms with Crippen LogP contribution in [0.25, 0.3) is 11.2 Å². The van der Waals surface area contributed by atoms with Crippen LogP contribution in [-0.4, -0.2) is 37.2 Å². The van der Waals surface area contributed by atoms with E-state index in [2.05, 4.69) is 25.3 Å². The Balaban J connectivity index is 2.24. The molecule has 0 radical (unpaired) electrons. The van der Waals surface area contributed by atoms with Crippen molar-refractivity contribution >= 4 is 22.9 Å². The minimum absolute atomic E-state index is 0.161. The number of fused-ring (bicyclic) bond motifs is 1. The lowest BCUT2D eigenvalue weighted by Crippen LogP contribution is -2.35. The van der Waals surface area contributed by atoms with E-state index in [1.165, 1.54) is 6.33 Å². The number of nitrogens with one attached hydrogen (secondary N) is 2. The highest BCUT2D eigenvalue weighted by Crippen LogP contribution is 2.20. The molecular weight excluding hydrogens is 232 g/mol. The summed E-state index contributed by atoms with van der Waals surface area (Å²) in [6.45, 7) is 4.31. The van der Waals surface area contributed by atoms with Crippen molar-refractivity contribution < 1.29 is 5.11 Å². The molecule has 0 bridgehead atoms. The van der Waals surface area contributed by atoms with Crippen molar-refractivity contribution in [3.63, 3.8) is 0 Å². The Morgan fingerprint density at radius 3 is 2.78 bits per heavy atom. The number of imidazole rings is 1. The van der Waals surface area contributed by atoms with Crippen LogP contribution in [0.1, 0.15) is 26.7 Å². The molecule has 2 heterocycles. The summed E-state index contributed by atoms with van der Waals surface area (Å²) in [6, 6.07) is 0. The zero-order valence-electron chi connectivity index (χ0n) is 10.6. The monoisotopic (exact) mass is 250 g/mol. The Kier molecular flexibility index (Phi) is 3.33. The molecule has 2 aromatic rings. The van der Waals surface area contributed by atoms with Crippen LogP contribution in [0.4, 0.5) is 11.8 Å². The van der Waals surface area contributed by atoms with Gasteiger partial charge in [0.25, 0.3) is 0 Å². The smallest absolute Gasteiger partial charge is 0.224 e. The second kappa shape index (κ2) is 4.77. The third kappa shape index (κ3) is 2.35. The van der Waals surface area contributed by atoms with Crippen molar-refractivity contribution in [2.24, 2.45) is 0 Å². The normalized spacial score (nSPS) is 11.9. The number of rotatable bonds is 5. The van der Waals surface area contributed by atoms with E-state index in [9.17, 15) is 5.11 Å². The highest BCUT2D eigenvalue weighted by Gasteiger charge is 2.22. The van der Waals surface area contributed by atoms with Crippen molar-refractivity contribution in [1.29, 1.82) is 0 Å². The van der Waals surface area contributed by atoms with E-state index in [0.717, 1.165) is 0 Å². The first-order chi connectivity index (χ1) is 8.58. The third-order valence-corrected chi connectivity index (χ3v) is 3.20. The largest absolute Gasteiger partial charge is 0.388 e. The van der Waals surface area contributed by atoms with Gasteiger partial charge in [-0.25, -0.2) is 4.98 Å². The van der Waals surface area contributed by atoms with Crippen LogP contribution in [0.15, 0.2) is 6.33 Å². The molecule has 0 saturated heterocycles. The van der Waals surface area contributed by atoms with Gasteiger partial charge >= 0.3 is 0 Å². The second-order valence-electron chi connectivity index (χ2n) is 4.32. The summed E-state index contributed by atoms with van der Waals surface area (Å²) >= 11 is 0. The number of aromatic amines is 1. The molecule has 98 valence electrons. The fourth-order valence-electron chi connectivity index (χ4n) is 1.73. The highest BCUT2D eigenvalue weighted by atomic mass is 16.3. The van der Waals surface area contributed by atoms with Gasteiger partial charge in [-0.3, -0.25) is 0 Å². The van der Waals surface area contributed by atoms with E-state index in [-0.39, 0.29) is 5.95 Å². The summed E-state index contributed by atoms with van der Waals surface area (Å²) in [6.07, 6.45) is 2.88. The predicted octanol–water partition coefficient (Wildman–Crippen LogP) is 0.898. The minimum atomic E-state index is -0.744. The molecule has 7 nitrogen and oxygen atoms in total. The molecule has 0 unspecified atom stereocenters. The third-order valence-electron chi connectivity index (χ3n) is 3.20. The quantitative estimate of drug-likeness (QED) is 0.627. The molecule has 0 aliphatic rings. The maximum absolute atomic E-state index is 10.2. The van der Waals surface area contributed by atoms with Crippen LogP contribution < -0.4 is 11.1 Å². The fourth-order valence-corrected chi connectivity index (χ4v) is 1.73. The van der Waals surface area contributed by atoms with Gasteiger partial charge in [0.05, 0.1) is 11.9 Å². The summed E-state index contributed by atoms with van der Waals surface area (Å²) in [4.78, 5) is 15.1. The van der Waals surface area contributed by atoms with Crippen LogP contribution in [0.3, 0.4) is 0 Å². The molecular formula is C11H18N6O. The first kappa shape index (κ1) is 12.6.